The molecule has 1 unspecified atom stereocenters. The van der Waals surface area contributed by atoms with Crippen molar-refractivity contribution < 1.29 is 19.1 Å². The summed E-state index contributed by atoms with van der Waals surface area (Å²) in [7, 11) is 0. The number of rotatable bonds is 7. The molecule has 1 atom stereocenters. The highest BCUT2D eigenvalue weighted by Crippen LogP contribution is 2.24. The first-order valence-corrected chi connectivity index (χ1v) is 10.5. The van der Waals surface area contributed by atoms with Crippen molar-refractivity contribution in [3.8, 4) is 0 Å². The summed E-state index contributed by atoms with van der Waals surface area (Å²) in [6.45, 7) is 1.55. The van der Waals surface area contributed by atoms with Crippen LogP contribution in [-0.4, -0.2) is 24.4 Å². The van der Waals surface area contributed by atoms with E-state index < -0.39 is 5.91 Å². The minimum Gasteiger partial charge on any atom is -0.455 e. The van der Waals surface area contributed by atoms with Gasteiger partial charge in [-0.3, -0.25) is 14.4 Å². The monoisotopic (exact) mass is 408 g/mol. The maximum atomic E-state index is 12.8. The molecule has 2 aromatic rings. The van der Waals surface area contributed by atoms with Crippen LogP contribution < -0.4 is 10.6 Å². The molecule has 2 N–H and O–H groups in total. The van der Waals surface area contributed by atoms with Crippen molar-refractivity contribution in [1.82, 2.24) is 5.32 Å². The molecule has 0 heterocycles. The van der Waals surface area contributed by atoms with Crippen LogP contribution >= 0.6 is 0 Å². The number of ether oxygens (including phenoxy) is 1. The zero-order valence-corrected chi connectivity index (χ0v) is 17.2. The van der Waals surface area contributed by atoms with Crippen LogP contribution in [-0.2, 0) is 14.3 Å². The highest BCUT2D eigenvalue weighted by atomic mass is 16.5. The zero-order valence-electron chi connectivity index (χ0n) is 17.2. The molecule has 158 valence electrons. The Labute approximate surface area is 177 Å². The van der Waals surface area contributed by atoms with E-state index in [0.29, 0.717) is 11.3 Å². The number of anilines is 1. The molecule has 0 aromatic heterocycles. The van der Waals surface area contributed by atoms with Gasteiger partial charge in [0.2, 0.25) is 0 Å². The van der Waals surface area contributed by atoms with E-state index in [2.05, 4.69) is 10.6 Å². The van der Waals surface area contributed by atoms with Gasteiger partial charge in [-0.15, -0.1) is 0 Å². The number of nitrogens with one attached hydrogen (secondary N) is 2. The minimum atomic E-state index is -0.462. The van der Waals surface area contributed by atoms with Crippen molar-refractivity contribution in [2.24, 2.45) is 5.92 Å². The Balaban J connectivity index is 1.57. The second kappa shape index (κ2) is 10.6. The van der Waals surface area contributed by atoms with Gasteiger partial charge in [0.05, 0.1) is 23.2 Å². The number of carbonyl (C=O) groups excluding carboxylic acids is 3. The maximum absolute atomic E-state index is 12.8. The Morgan fingerprint density at radius 3 is 2.37 bits per heavy atom. The van der Waals surface area contributed by atoms with Crippen LogP contribution in [0.3, 0.4) is 0 Å². The molecule has 0 saturated heterocycles. The van der Waals surface area contributed by atoms with E-state index in [1.165, 1.54) is 0 Å². The Kier molecular flexibility index (Phi) is 7.60. The van der Waals surface area contributed by atoms with Crippen LogP contribution in [0.2, 0.25) is 0 Å². The van der Waals surface area contributed by atoms with Gasteiger partial charge >= 0.3 is 5.97 Å². The molecule has 3 rings (SSSR count). The Hall–Kier alpha value is -3.15. The van der Waals surface area contributed by atoms with E-state index in [9.17, 15) is 14.4 Å². The van der Waals surface area contributed by atoms with E-state index in [0.717, 1.165) is 37.7 Å². The van der Waals surface area contributed by atoms with Gasteiger partial charge in [-0.05, 0) is 37.5 Å². The van der Waals surface area contributed by atoms with Gasteiger partial charge in [-0.25, -0.2) is 0 Å². The van der Waals surface area contributed by atoms with E-state index in [1.54, 1.807) is 24.3 Å². The summed E-state index contributed by atoms with van der Waals surface area (Å²) in [6, 6.07) is 16.2. The molecular formula is C24H28N2O4. The number of amides is 2. The summed E-state index contributed by atoms with van der Waals surface area (Å²) in [4.78, 5) is 37.2. The summed E-state index contributed by atoms with van der Waals surface area (Å²) in [5, 5.41) is 5.63. The van der Waals surface area contributed by atoms with Crippen molar-refractivity contribution in [3.63, 3.8) is 0 Å². The highest BCUT2D eigenvalue weighted by molar-refractivity contribution is 6.04. The Morgan fingerprint density at radius 2 is 1.63 bits per heavy atom. The van der Waals surface area contributed by atoms with E-state index >= 15 is 0 Å². The Bertz CT molecular complexity index is 876. The molecule has 1 saturated carbocycles. The fraction of sp³-hybridized carbons (Fsp3) is 0.375. The number of esters is 1. The van der Waals surface area contributed by atoms with Gasteiger partial charge in [-0.2, -0.15) is 0 Å². The molecule has 1 aliphatic rings. The first-order valence-electron chi connectivity index (χ1n) is 10.5. The average molecular weight is 408 g/mol. The van der Waals surface area contributed by atoms with Crippen LogP contribution in [0.25, 0.3) is 0 Å². The quantitative estimate of drug-likeness (QED) is 0.671. The predicted molar refractivity (Wildman–Crippen MR) is 115 cm³/mol. The molecule has 0 spiro atoms. The fourth-order valence-corrected chi connectivity index (χ4v) is 3.67. The predicted octanol–water partition coefficient (Wildman–Crippen LogP) is 4.24. The van der Waals surface area contributed by atoms with Crippen LogP contribution in [0.15, 0.2) is 54.6 Å². The van der Waals surface area contributed by atoms with Gasteiger partial charge in [0, 0.05) is 0 Å². The smallest absolute Gasteiger partial charge is 0.309 e. The van der Waals surface area contributed by atoms with Gasteiger partial charge < -0.3 is 15.4 Å². The lowest BCUT2D eigenvalue weighted by Gasteiger charge is -2.20. The number of para-hydroxylation sites is 1. The minimum absolute atomic E-state index is 0.107. The first-order chi connectivity index (χ1) is 14.5. The number of carbonyl (C=O) groups is 3. The molecular weight excluding hydrogens is 380 g/mol. The summed E-state index contributed by atoms with van der Waals surface area (Å²) >= 11 is 0. The van der Waals surface area contributed by atoms with Gasteiger partial charge in [0.1, 0.15) is 0 Å². The third-order valence-electron chi connectivity index (χ3n) is 5.38. The van der Waals surface area contributed by atoms with Crippen molar-refractivity contribution in [1.29, 1.82) is 0 Å². The number of hydrogen-bond acceptors (Lipinski definition) is 4. The second-order valence-electron chi connectivity index (χ2n) is 7.64. The van der Waals surface area contributed by atoms with E-state index in [4.69, 9.17) is 4.74 Å². The van der Waals surface area contributed by atoms with Gasteiger partial charge in [0.15, 0.2) is 6.61 Å². The molecule has 0 aliphatic heterocycles. The molecule has 2 amide bonds. The van der Waals surface area contributed by atoms with Crippen molar-refractivity contribution in [2.75, 3.05) is 11.9 Å². The van der Waals surface area contributed by atoms with Crippen molar-refractivity contribution >= 4 is 23.5 Å². The van der Waals surface area contributed by atoms with Crippen LogP contribution in [0.1, 0.15) is 61.0 Å². The van der Waals surface area contributed by atoms with Gasteiger partial charge in [0.25, 0.3) is 11.8 Å². The molecule has 0 bridgehead atoms. The molecule has 6 nitrogen and oxygen atoms in total. The molecule has 0 radical (unpaired) electrons. The Morgan fingerprint density at radius 1 is 0.967 bits per heavy atom. The summed E-state index contributed by atoms with van der Waals surface area (Å²) in [6.07, 6.45) is 4.84. The third-order valence-corrected chi connectivity index (χ3v) is 5.38. The first kappa shape index (κ1) is 21.6. The fourth-order valence-electron chi connectivity index (χ4n) is 3.67. The zero-order chi connectivity index (χ0) is 21.3. The highest BCUT2D eigenvalue weighted by Gasteiger charge is 2.23. The molecule has 1 fully saturated rings. The van der Waals surface area contributed by atoms with Crippen LogP contribution in [0, 0.1) is 5.92 Å². The topological polar surface area (TPSA) is 84.5 Å². The molecule has 2 aromatic carbocycles. The third kappa shape index (κ3) is 5.92. The summed E-state index contributed by atoms with van der Waals surface area (Å²) < 4.78 is 5.19. The lowest BCUT2D eigenvalue weighted by molar-refractivity contribution is -0.152. The molecule has 6 heteroatoms. The second-order valence-corrected chi connectivity index (χ2v) is 7.64. The normalized spacial score (nSPS) is 15.1. The SMILES string of the molecule is CC(NC(=O)c1ccccc1NC(=O)COC(=O)C1CCCCC1)c1ccccc1. The lowest BCUT2D eigenvalue weighted by atomic mass is 9.89. The van der Waals surface area contributed by atoms with Crippen LogP contribution in [0.4, 0.5) is 5.69 Å². The van der Waals surface area contributed by atoms with Crippen LogP contribution in [0.5, 0.6) is 0 Å². The summed E-state index contributed by atoms with van der Waals surface area (Å²) in [5.41, 5.74) is 1.73. The van der Waals surface area contributed by atoms with Crippen molar-refractivity contribution in [3.05, 3.63) is 65.7 Å². The standard InChI is InChI=1S/C24H28N2O4/c1-17(18-10-4-2-5-11-18)25-23(28)20-14-8-9-15-21(20)26-22(27)16-30-24(29)19-12-6-3-7-13-19/h2,4-5,8-11,14-15,17,19H,3,6-7,12-13,16H2,1H3,(H,25,28)(H,26,27). The van der Waals surface area contributed by atoms with Crippen molar-refractivity contribution in [2.45, 2.75) is 45.1 Å². The maximum Gasteiger partial charge on any atom is 0.309 e. The largest absolute Gasteiger partial charge is 0.455 e. The average Bonchev–Trinajstić information content (AvgIpc) is 2.79. The number of benzene rings is 2. The molecule has 30 heavy (non-hydrogen) atoms. The number of hydrogen-bond donors (Lipinski definition) is 2. The lowest BCUT2D eigenvalue weighted by Crippen LogP contribution is -2.29. The van der Waals surface area contributed by atoms with E-state index in [1.807, 2.05) is 37.3 Å². The van der Waals surface area contributed by atoms with Gasteiger partial charge in [-0.1, -0.05) is 61.7 Å². The van der Waals surface area contributed by atoms with E-state index in [-0.39, 0.29) is 30.4 Å². The molecule has 1 aliphatic carbocycles. The summed E-state index contributed by atoms with van der Waals surface area (Å²) in [5.74, 6) is -1.17.